The lowest BCUT2D eigenvalue weighted by Crippen LogP contribution is -2.46. The second-order valence-electron chi connectivity index (χ2n) is 9.51. The number of amides is 1. The van der Waals surface area contributed by atoms with Crippen LogP contribution in [0.4, 0.5) is 23.7 Å². The van der Waals surface area contributed by atoms with Crippen LogP contribution < -0.4 is 13.8 Å². The lowest BCUT2D eigenvalue weighted by molar-refractivity contribution is -0.0500. The number of fused-ring (bicyclic) bond motifs is 1. The zero-order chi connectivity index (χ0) is 28.9. The number of hydrogen-bond donors (Lipinski definition) is 1. The summed E-state index contributed by atoms with van der Waals surface area (Å²) in [5.74, 6) is 0.0121. The molecule has 4 rings (SSSR count). The quantitative estimate of drug-likeness (QED) is 0.248. The molecule has 1 saturated heterocycles. The van der Waals surface area contributed by atoms with Gasteiger partial charge in [0.15, 0.2) is 0 Å². The highest BCUT2D eigenvalue weighted by molar-refractivity contribution is 7.88. The maximum Gasteiger partial charge on any atom is 0.534 e. The van der Waals surface area contributed by atoms with Gasteiger partial charge in [-0.05, 0) is 48.2 Å². The van der Waals surface area contributed by atoms with Crippen molar-refractivity contribution in [1.29, 1.82) is 0 Å². The van der Waals surface area contributed by atoms with Crippen LogP contribution in [-0.2, 0) is 26.2 Å². The van der Waals surface area contributed by atoms with Gasteiger partial charge in [-0.15, -0.1) is 0 Å². The van der Waals surface area contributed by atoms with Gasteiger partial charge in [0.1, 0.15) is 18.1 Å². The second kappa shape index (κ2) is 12.5. The highest BCUT2D eigenvalue weighted by atomic mass is 32.2. The first-order valence-electron chi connectivity index (χ1n) is 12.7. The topological polar surface area (TPSA) is 115 Å². The molecular formula is C26H31F3N2O8S. The first-order chi connectivity index (χ1) is 19.0. The van der Waals surface area contributed by atoms with E-state index in [2.05, 4.69) is 9.08 Å². The Kier molecular flexibility index (Phi) is 9.31. The minimum Gasteiger partial charge on any atom is -0.490 e. The first-order valence-corrected chi connectivity index (χ1v) is 14.1. The van der Waals surface area contributed by atoms with Crippen LogP contribution in [-0.4, -0.2) is 82.6 Å². The van der Waals surface area contributed by atoms with Crippen molar-refractivity contribution in [1.82, 2.24) is 4.90 Å². The molecule has 220 valence electrons. The molecule has 14 heteroatoms. The zero-order valence-electron chi connectivity index (χ0n) is 21.8. The second-order valence-corrected chi connectivity index (χ2v) is 11.0. The maximum atomic E-state index is 12.7. The molecule has 1 fully saturated rings. The number of carbonyl (C=O) groups is 1. The van der Waals surface area contributed by atoms with E-state index in [1.54, 1.807) is 7.11 Å². The monoisotopic (exact) mass is 588 g/mol. The predicted molar refractivity (Wildman–Crippen MR) is 138 cm³/mol. The molecule has 2 atom stereocenters. The molecule has 1 amide bonds. The van der Waals surface area contributed by atoms with Crippen LogP contribution in [0.2, 0.25) is 0 Å². The molecule has 10 nitrogen and oxygen atoms in total. The van der Waals surface area contributed by atoms with Crippen molar-refractivity contribution in [3.8, 4) is 11.5 Å². The van der Waals surface area contributed by atoms with E-state index in [1.165, 1.54) is 17.0 Å². The minimum atomic E-state index is -5.79. The van der Waals surface area contributed by atoms with Crippen molar-refractivity contribution in [3.63, 3.8) is 0 Å². The normalized spacial score (nSPS) is 19.6. The van der Waals surface area contributed by atoms with Gasteiger partial charge in [-0.1, -0.05) is 18.2 Å². The molecule has 1 N–H and O–H groups in total. The van der Waals surface area contributed by atoms with Crippen molar-refractivity contribution in [2.24, 2.45) is 0 Å². The summed E-state index contributed by atoms with van der Waals surface area (Å²) < 4.78 is 82.0. The average Bonchev–Trinajstić information content (AvgIpc) is 2.91. The molecule has 2 aliphatic rings. The van der Waals surface area contributed by atoms with Crippen molar-refractivity contribution in [3.05, 3.63) is 53.6 Å². The third-order valence-corrected chi connectivity index (χ3v) is 7.83. The molecule has 0 saturated carbocycles. The summed E-state index contributed by atoms with van der Waals surface area (Å²) in [5, 5.41) is 9.54. The van der Waals surface area contributed by atoms with Crippen LogP contribution in [0.5, 0.6) is 11.5 Å². The Bertz CT molecular complexity index is 1270. The Morgan fingerprint density at radius 2 is 1.90 bits per heavy atom. The Balaban J connectivity index is 1.48. The first kappa shape index (κ1) is 29.7. The molecule has 2 heterocycles. The number of likely N-dealkylation sites (tertiary alicyclic amines) is 1. The molecular weight excluding hydrogens is 557 g/mol. The van der Waals surface area contributed by atoms with Crippen LogP contribution in [0.15, 0.2) is 42.5 Å². The highest BCUT2D eigenvalue weighted by Crippen LogP contribution is 2.35. The van der Waals surface area contributed by atoms with Gasteiger partial charge in [0.05, 0.1) is 31.5 Å². The van der Waals surface area contributed by atoms with Gasteiger partial charge in [0.2, 0.25) is 0 Å². The summed E-state index contributed by atoms with van der Waals surface area (Å²) in [6.45, 7) is 3.30. The number of carboxylic acid groups (broad SMARTS) is 1. The number of benzene rings is 2. The van der Waals surface area contributed by atoms with E-state index in [4.69, 9.17) is 14.2 Å². The van der Waals surface area contributed by atoms with E-state index in [1.807, 2.05) is 18.2 Å². The summed E-state index contributed by atoms with van der Waals surface area (Å²) in [7, 11) is -4.13. The average molecular weight is 589 g/mol. The van der Waals surface area contributed by atoms with Gasteiger partial charge in [-0.3, -0.25) is 0 Å². The Hall–Kier alpha value is -3.23. The van der Waals surface area contributed by atoms with Crippen LogP contribution in [0, 0.1) is 0 Å². The molecule has 0 aromatic heterocycles. The molecule has 0 spiro atoms. The number of halogens is 3. The number of anilines is 1. The Labute approximate surface area is 230 Å². The van der Waals surface area contributed by atoms with Gasteiger partial charge in [0, 0.05) is 32.7 Å². The molecule has 2 aliphatic heterocycles. The van der Waals surface area contributed by atoms with Crippen molar-refractivity contribution < 1.29 is 49.9 Å². The van der Waals surface area contributed by atoms with Crippen LogP contribution >= 0.6 is 0 Å². The van der Waals surface area contributed by atoms with E-state index in [-0.39, 0.29) is 25.6 Å². The molecule has 40 heavy (non-hydrogen) atoms. The molecule has 0 bridgehead atoms. The van der Waals surface area contributed by atoms with Gasteiger partial charge in [0.25, 0.3) is 0 Å². The maximum absolute atomic E-state index is 12.7. The number of methoxy groups -OCH3 is 1. The third kappa shape index (κ3) is 7.09. The molecule has 0 radical (unpaired) electrons. The molecule has 2 unspecified atom stereocenters. The smallest absolute Gasteiger partial charge is 0.490 e. The lowest BCUT2D eigenvalue weighted by Gasteiger charge is -2.37. The van der Waals surface area contributed by atoms with E-state index < -0.39 is 33.6 Å². The summed E-state index contributed by atoms with van der Waals surface area (Å²) in [6.07, 6.45) is -0.368. The van der Waals surface area contributed by atoms with Gasteiger partial charge in [-0.25, -0.2) is 4.79 Å². The van der Waals surface area contributed by atoms with Gasteiger partial charge in [-0.2, -0.15) is 21.6 Å². The molecule has 0 aliphatic carbocycles. The Morgan fingerprint density at radius 3 is 2.58 bits per heavy atom. The fourth-order valence-corrected chi connectivity index (χ4v) is 5.29. The van der Waals surface area contributed by atoms with Crippen LogP contribution in [0.25, 0.3) is 0 Å². The fraction of sp³-hybridized carbons (Fsp3) is 0.500. The van der Waals surface area contributed by atoms with E-state index in [9.17, 15) is 31.5 Å². The lowest BCUT2D eigenvalue weighted by atomic mass is 9.87. The fourth-order valence-electron chi connectivity index (χ4n) is 4.83. The number of nitrogens with zero attached hydrogens (tertiary/aromatic N) is 2. The van der Waals surface area contributed by atoms with Gasteiger partial charge < -0.3 is 33.3 Å². The summed E-state index contributed by atoms with van der Waals surface area (Å²) in [4.78, 5) is 15.1. The van der Waals surface area contributed by atoms with Crippen LogP contribution in [0.3, 0.4) is 0 Å². The van der Waals surface area contributed by atoms with Crippen molar-refractivity contribution in [2.45, 2.75) is 37.0 Å². The largest absolute Gasteiger partial charge is 0.534 e. The summed E-state index contributed by atoms with van der Waals surface area (Å²) >= 11 is 0. The number of alkyl halides is 3. The van der Waals surface area contributed by atoms with E-state index in [0.29, 0.717) is 25.2 Å². The van der Waals surface area contributed by atoms with E-state index >= 15 is 0 Å². The highest BCUT2D eigenvalue weighted by Gasteiger charge is 2.48. The number of piperidine rings is 1. The van der Waals surface area contributed by atoms with Crippen molar-refractivity contribution >= 4 is 21.9 Å². The van der Waals surface area contributed by atoms with Crippen LogP contribution in [0.1, 0.15) is 29.9 Å². The number of hydrogen-bond acceptors (Lipinski definition) is 8. The zero-order valence-corrected chi connectivity index (χ0v) is 22.6. The molecule has 2 aromatic carbocycles. The summed E-state index contributed by atoms with van der Waals surface area (Å²) in [5.41, 5.74) is -3.07. The Morgan fingerprint density at radius 1 is 1.15 bits per heavy atom. The SMILES string of the molecule is COCCCN1CCOc2ccc(COC3CN(C(=O)O)CCC3c3ccc(OS(=O)(=O)C(F)(F)F)cc3)cc21. The third-order valence-electron chi connectivity index (χ3n) is 6.85. The number of rotatable bonds is 10. The minimum absolute atomic E-state index is 0.0951. The van der Waals surface area contributed by atoms with Crippen molar-refractivity contribution in [2.75, 3.05) is 51.4 Å². The molecule has 2 aromatic rings. The van der Waals surface area contributed by atoms with E-state index in [0.717, 1.165) is 48.6 Å². The predicted octanol–water partition coefficient (Wildman–Crippen LogP) is 4.20. The van der Waals surface area contributed by atoms with Gasteiger partial charge >= 0.3 is 21.7 Å². The number of ether oxygens (including phenoxy) is 3. The standard InChI is InChI=1S/C26H31F3N2O8S/c1-36-13-2-10-30-12-14-37-23-8-3-18(15-22(23)30)17-38-24-16-31(25(32)33)11-9-21(24)19-4-6-20(7-5-19)39-40(34,35)26(27,28)29/h3-8,15,21,24H,2,9-14,16-17H2,1H3,(H,32,33). The summed E-state index contributed by atoms with van der Waals surface area (Å²) in [6, 6.07) is 11.0.